The largest absolute Gasteiger partial charge is 0.498 e. The van der Waals surface area contributed by atoms with Crippen molar-refractivity contribution >= 4 is 24.4 Å². The maximum atomic E-state index is 12.1. The van der Waals surface area contributed by atoms with E-state index in [1.54, 1.807) is 17.3 Å². The van der Waals surface area contributed by atoms with E-state index in [0.717, 1.165) is 18.3 Å². The van der Waals surface area contributed by atoms with E-state index in [2.05, 4.69) is 28.7 Å². The zero-order chi connectivity index (χ0) is 23.0. The highest BCUT2D eigenvalue weighted by Crippen LogP contribution is 2.36. The third kappa shape index (κ3) is 4.87. The molecule has 2 N–H and O–H groups in total. The fourth-order valence-electron chi connectivity index (χ4n) is 4.03. The summed E-state index contributed by atoms with van der Waals surface area (Å²) in [6.45, 7) is 12.7. The second-order valence-electron chi connectivity index (χ2n) is 9.66. The molecule has 2 aliphatic heterocycles. The first kappa shape index (κ1) is 23.9. The minimum atomic E-state index is -1.34. The molecule has 0 radical (unpaired) electrons. The Morgan fingerprint density at radius 2 is 1.71 bits per heavy atom. The van der Waals surface area contributed by atoms with Gasteiger partial charge in [-0.1, -0.05) is 0 Å². The Hall–Kier alpha value is -1.75. The number of hydrogen-bond acceptors (Lipinski definition) is 8. The normalized spacial score (nSPS) is 22.1. The maximum absolute atomic E-state index is 12.1. The van der Waals surface area contributed by atoms with Gasteiger partial charge in [-0.05, 0) is 54.4 Å². The number of aliphatic hydroxyl groups excluding tert-OH is 2. The van der Waals surface area contributed by atoms with E-state index >= 15 is 0 Å². The summed E-state index contributed by atoms with van der Waals surface area (Å²) in [6, 6.07) is 0.357. The molecule has 10 heteroatoms. The van der Waals surface area contributed by atoms with Crippen molar-refractivity contribution in [1.82, 2.24) is 14.9 Å². The van der Waals surface area contributed by atoms with Gasteiger partial charge < -0.3 is 29.3 Å². The molecule has 0 aliphatic carbocycles. The van der Waals surface area contributed by atoms with Crippen LogP contribution in [0.5, 0.6) is 0 Å². The Morgan fingerprint density at radius 1 is 1.19 bits per heavy atom. The van der Waals surface area contributed by atoms with Gasteiger partial charge >= 0.3 is 7.12 Å². The van der Waals surface area contributed by atoms with Crippen LogP contribution in [0.3, 0.4) is 0 Å². The van der Waals surface area contributed by atoms with Gasteiger partial charge in [-0.3, -0.25) is 4.79 Å². The number of anilines is 1. The fourth-order valence-corrected chi connectivity index (χ4v) is 4.03. The van der Waals surface area contributed by atoms with Crippen LogP contribution in [-0.2, 0) is 14.1 Å². The summed E-state index contributed by atoms with van der Waals surface area (Å²) in [6.07, 6.45) is 3.66. The van der Waals surface area contributed by atoms with Crippen molar-refractivity contribution < 1.29 is 24.3 Å². The van der Waals surface area contributed by atoms with Gasteiger partial charge in [-0.2, -0.15) is 0 Å². The second kappa shape index (κ2) is 9.01. The Labute approximate surface area is 184 Å². The quantitative estimate of drug-likeness (QED) is 0.617. The summed E-state index contributed by atoms with van der Waals surface area (Å²) in [4.78, 5) is 25.1. The van der Waals surface area contributed by atoms with Crippen molar-refractivity contribution in [3.05, 3.63) is 12.4 Å². The van der Waals surface area contributed by atoms with Gasteiger partial charge in [0.25, 0.3) is 5.91 Å². The minimum Gasteiger partial charge on any atom is -0.399 e. The SMILES string of the molecule is CC(C)N(c1ncc(B2OC(C)(C)C(C)(C)O2)cn1)C1CCN(C(=O)C(O)CO)CC1. The molecule has 1 atom stereocenters. The van der Waals surface area contributed by atoms with Crippen molar-refractivity contribution in [2.75, 3.05) is 24.6 Å². The second-order valence-corrected chi connectivity index (χ2v) is 9.66. The van der Waals surface area contributed by atoms with Crippen LogP contribution in [0.1, 0.15) is 54.4 Å². The number of aromatic nitrogens is 2. The summed E-state index contributed by atoms with van der Waals surface area (Å²) in [5, 5.41) is 18.6. The average Bonchev–Trinajstić information content (AvgIpc) is 2.95. The molecule has 3 rings (SSSR count). The van der Waals surface area contributed by atoms with E-state index in [0.29, 0.717) is 19.0 Å². The predicted octanol–water partition coefficient (Wildman–Crippen LogP) is 0.335. The molecule has 0 aromatic carbocycles. The summed E-state index contributed by atoms with van der Waals surface area (Å²) in [5.74, 6) is 0.218. The first-order valence-corrected chi connectivity index (χ1v) is 11.0. The molecule has 9 nitrogen and oxygen atoms in total. The number of piperidine rings is 1. The number of likely N-dealkylation sites (tertiary alicyclic amines) is 1. The number of carbonyl (C=O) groups excluding carboxylic acids is 1. The van der Waals surface area contributed by atoms with Crippen LogP contribution < -0.4 is 10.4 Å². The molecule has 0 spiro atoms. The van der Waals surface area contributed by atoms with Gasteiger partial charge in [0.2, 0.25) is 5.95 Å². The van der Waals surface area contributed by atoms with Gasteiger partial charge in [0.1, 0.15) is 0 Å². The maximum Gasteiger partial charge on any atom is 0.498 e. The predicted molar refractivity (Wildman–Crippen MR) is 118 cm³/mol. The lowest BCUT2D eigenvalue weighted by Crippen LogP contribution is -2.52. The van der Waals surface area contributed by atoms with Crippen LogP contribution in [-0.4, -0.2) is 87.2 Å². The molecule has 1 aromatic heterocycles. The Balaban J connectivity index is 1.68. The average molecular weight is 434 g/mol. The van der Waals surface area contributed by atoms with E-state index in [9.17, 15) is 9.90 Å². The Bertz CT molecular complexity index is 750. The van der Waals surface area contributed by atoms with Crippen LogP contribution in [0.4, 0.5) is 5.95 Å². The topological polar surface area (TPSA) is 108 Å². The number of rotatable bonds is 6. The van der Waals surface area contributed by atoms with Gasteiger partial charge in [0, 0.05) is 43.0 Å². The number of amides is 1. The zero-order valence-corrected chi connectivity index (χ0v) is 19.4. The smallest absolute Gasteiger partial charge is 0.399 e. The first-order valence-electron chi connectivity index (χ1n) is 11.0. The highest BCUT2D eigenvalue weighted by molar-refractivity contribution is 6.61. The zero-order valence-electron chi connectivity index (χ0n) is 19.4. The highest BCUT2D eigenvalue weighted by atomic mass is 16.7. The van der Waals surface area contributed by atoms with Crippen LogP contribution in [0.25, 0.3) is 0 Å². The Morgan fingerprint density at radius 3 is 2.16 bits per heavy atom. The highest BCUT2D eigenvalue weighted by Gasteiger charge is 2.52. The summed E-state index contributed by atoms with van der Waals surface area (Å²) in [7, 11) is -0.501. The molecule has 0 bridgehead atoms. The number of aliphatic hydroxyl groups is 2. The van der Waals surface area contributed by atoms with E-state index in [-0.39, 0.29) is 12.1 Å². The molecule has 0 saturated carbocycles. The van der Waals surface area contributed by atoms with Gasteiger partial charge in [-0.15, -0.1) is 0 Å². The van der Waals surface area contributed by atoms with E-state index < -0.39 is 36.9 Å². The van der Waals surface area contributed by atoms with Gasteiger partial charge in [-0.25, -0.2) is 9.97 Å². The van der Waals surface area contributed by atoms with E-state index in [4.69, 9.17) is 14.4 Å². The molecule has 2 saturated heterocycles. The van der Waals surface area contributed by atoms with Crippen LogP contribution in [0, 0.1) is 0 Å². The number of hydrogen-bond donors (Lipinski definition) is 2. The summed E-state index contributed by atoms with van der Waals surface area (Å²) >= 11 is 0. The van der Waals surface area contributed by atoms with Gasteiger partial charge in [0.15, 0.2) is 6.10 Å². The fraction of sp³-hybridized carbons (Fsp3) is 0.762. The number of nitrogens with zero attached hydrogens (tertiary/aromatic N) is 4. The van der Waals surface area contributed by atoms with Crippen LogP contribution in [0.15, 0.2) is 12.4 Å². The number of carbonyl (C=O) groups is 1. The van der Waals surface area contributed by atoms with Crippen LogP contribution >= 0.6 is 0 Å². The molecule has 31 heavy (non-hydrogen) atoms. The van der Waals surface area contributed by atoms with E-state index in [1.165, 1.54) is 0 Å². The standard InChI is InChI=1S/C21H35BN4O5/c1-14(2)26(16-7-9-25(10-8-16)18(29)17(28)13-27)19-23-11-15(12-24-19)22-30-20(3,4)21(5,6)31-22/h11-12,14,16-17,27-28H,7-10,13H2,1-6H3. The Kier molecular flexibility index (Phi) is 6.95. The minimum absolute atomic E-state index is 0.179. The van der Waals surface area contributed by atoms with Crippen molar-refractivity contribution in [2.24, 2.45) is 0 Å². The lowest BCUT2D eigenvalue weighted by molar-refractivity contribution is -0.143. The van der Waals surface area contributed by atoms with Crippen LogP contribution in [0.2, 0.25) is 0 Å². The molecule has 1 aromatic rings. The molecular formula is C21H35BN4O5. The molecular weight excluding hydrogens is 399 g/mol. The van der Waals surface area contributed by atoms with Crippen molar-refractivity contribution in [3.63, 3.8) is 0 Å². The summed E-state index contributed by atoms with van der Waals surface area (Å²) in [5.41, 5.74) is -0.0607. The molecule has 2 aliphatic rings. The molecule has 1 unspecified atom stereocenters. The summed E-state index contributed by atoms with van der Waals surface area (Å²) < 4.78 is 12.2. The lowest BCUT2D eigenvalue weighted by Gasteiger charge is -2.41. The van der Waals surface area contributed by atoms with Crippen molar-refractivity contribution in [2.45, 2.75) is 83.8 Å². The molecule has 172 valence electrons. The molecule has 2 fully saturated rings. The molecule has 3 heterocycles. The third-order valence-electron chi connectivity index (χ3n) is 6.60. The molecule has 1 amide bonds. The van der Waals surface area contributed by atoms with Crippen molar-refractivity contribution in [1.29, 1.82) is 0 Å². The monoisotopic (exact) mass is 434 g/mol. The first-order chi connectivity index (χ1) is 14.5. The van der Waals surface area contributed by atoms with Gasteiger partial charge in [0.05, 0.1) is 17.8 Å². The third-order valence-corrected chi connectivity index (χ3v) is 6.60. The van der Waals surface area contributed by atoms with E-state index in [1.807, 2.05) is 27.7 Å². The lowest BCUT2D eigenvalue weighted by atomic mass is 9.81. The van der Waals surface area contributed by atoms with Crippen molar-refractivity contribution in [3.8, 4) is 0 Å².